The van der Waals surface area contributed by atoms with Gasteiger partial charge < -0.3 is 5.32 Å². The fourth-order valence-corrected chi connectivity index (χ4v) is 4.17. The number of hydrogen-bond acceptors (Lipinski definition) is 3. The van der Waals surface area contributed by atoms with Crippen molar-refractivity contribution >= 4 is 62.1 Å². The maximum atomic E-state index is 12.5. The van der Waals surface area contributed by atoms with E-state index >= 15 is 0 Å². The second kappa shape index (κ2) is 7.83. The topological polar surface area (TPSA) is 66.5 Å². The molecule has 1 amide bonds. The summed E-state index contributed by atoms with van der Waals surface area (Å²) in [7, 11) is -3.73. The smallest absolute Gasteiger partial charge is 0.247 e. The van der Waals surface area contributed by atoms with Gasteiger partial charge in [0.25, 0.3) is 0 Å². The van der Waals surface area contributed by atoms with E-state index in [1.54, 1.807) is 18.2 Å². The summed E-state index contributed by atoms with van der Waals surface area (Å²) in [5, 5.41) is 3.68. The van der Waals surface area contributed by atoms with Gasteiger partial charge in [-0.05, 0) is 43.3 Å². The standard InChI is InChI=1S/C16H15Cl3N2O3S/c1-10(16(22)20-14-7-12(18)6-13(19)8-14)21(25(2,23)24)15-5-3-4-11(17)9-15/h3-10H,1-2H3,(H,20,22)/t10-/m1/s1. The lowest BCUT2D eigenvalue weighted by Gasteiger charge is -2.28. The number of benzene rings is 2. The minimum absolute atomic E-state index is 0.293. The van der Waals surface area contributed by atoms with Gasteiger partial charge in [-0.3, -0.25) is 9.10 Å². The summed E-state index contributed by atoms with van der Waals surface area (Å²) < 4.78 is 25.4. The minimum Gasteiger partial charge on any atom is -0.324 e. The molecule has 0 unspecified atom stereocenters. The molecular formula is C16H15Cl3N2O3S. The highest BCUT2D eigenvalue weighted by Gasteiger charge is 2.29. The Bertz CT molecular complexity index is 883. The molecule has 0 aliphatic rings. The molecule has 0 aliphatic carbocycles. The molecular weight excluding hydrogens is 407 g/mol. The fraction of sp³-hybridized carbons (Fsp3) is 0.188. The van der Waals surface area contributed by atoms with Gasteiger partial charge in [0.2, 0.25) is 15.9 Å². The van der Waals surface area contributed by atoms with E-state index < -0.39 is 22.0 Å². The van der Waals surface area contributed by atoms with Crippen molar-refractivity contribution in [2.24, 2.45) is 0 Å². The summed E-state index contributed by atoms with van der Waals surface area (Å²) >= 11 is 17.7. The number of sulfonamides is 1. The van der Waals surface area contributed by atoms with Crippen molar-refractivity contribution in [3.63, 3.8) is 0 Å². The molecule has 0 aliphatic heterocycles. The zero-order valence-electron chi connectivity index (χ0n) is 13.3. The number of hydrogen-bond donors (Lipinski definition) is 1. The van der Waals surface area contributed by atoms with Crippen molar-refractivity contribution < 1.29 is 13.2 Å². The minimum atomic E-state index is -3.73. The first-order valence-electron chi connectivity index (χ1n) is 7.10. The highest BCUT2D eigenvalue weighted by molar-refractivity contribution is 7.92. The molecule has 134 valence electrons. The molecule has 2 aromatic rings. The van der Waals surface area contributed by atoms with Gasteiger partial charge >= 0.3 is 0 Å². The molecule has 1 N–H and O–H groups in total. The Labute approximate surface area is 161 Å². The second-order valence-corrected chi connectivity index (χ2v) is 8.53. The molecule has 0 saturated heterocycles. The van der Waals surface area contributed by atoms with Crippen LogP contribution in [-0.4, -0.2) is 26.6 Å². The van der Waals surface area contributed by atoms with Crippen molar-refractivity contribution in [3.05, 3.63) is 57.5 Å². The van der Waals surface area contributed by atoms with Crippen LogP contribution in [0.4, 0.5) is 11.4 Å². The van der Waals surface area contributed by atoms with Gasteiger partial charge in [0.15, 0.2) is 0 Å². The molecule has 2 aromatic carbocycles. The molecule has 0 saturated carbocycles. The molecule has 0 radical (unpaired) electrons. The quantitative estimate of drug-likeness (QED) is 0.776. The Kier molecular flexibility index (Phi) is 6.21. The van der Waals surface area contributed by atoms with Crippen LogP contribution in [0.2, 0.25) is 15.1 Å². The maximum absolute atomic E-state index is 12.5. The fourth-order valence-electron chi connectivity index (χ4n) is 2.29. The summed E-state index contributed by atoms with van der Waals surface area (Å²) in [6.07, 6.45) is 1.02. The van der Waals surface area contributed by atoms with E-state index in [4.69, 9.17) is 34.8 Å². The normalized spacial score (nSPS) is 12.5. The van der Waals surface area contributed by atoms with Crippen LogP contribution in [-0.2, 0) is 14.8 Å². The molecule has 5 nitrogen and oxygen atoms in total. The Morgan fingerprint density at radius 1 is 1.04 bits per heavy atom. The van der Waals surface area contributed by atoms with Gasteiger partial charge in [0.05, 0.1) is 11.9 Å². The molecule has 0 fully saturated rings. The highest BCUT2D eigenvalue weighted by atomic mass is 35.5. The summed E-state index contributed by atoms with van der Waals surface area (Å²) in [4.78, 5) is 12.5. The van der Waals surface area contributed by atoms with Crippen LogP contribution in [0, 0.1) is 0 Å². The number of amides is 1. The number of nitrogens with zero attached hydrogens (tertiary/aromatic N) is 1. The van der Waals surface area contributed by atoms with E-state index in [2.05, 4.69) is 5.32 Å². The van der Waals surface area contributed by atoms with Crippen LogP contribution < -0.4 is 9.62 Å². The molecule has 0 aromatic heterocycles. The zero-order chi connectivity index (χ0) is 18.8. The SMILES string of the molecule is C[C@H](C(=O)Nc1cc(Cl)cc(Cl)c1)N(c1cccc(Cl)c1)S(C)(=O)=O. The number of halogens is 3. The van der Waals surface area contributed by atoms with E-state index in [1.165, 1.54) is 31.2 Å². The van der Waals surface area contributed by atoms with Crippen LogP contribution in [0.15, 0.2) is 42.5 Å². The number of anilines is 2. The summed E-state index contributed by atoms with van der Waals surface area (Å²) in [5.74, 6) is -0.538. The van der Waals surface area contributed by atoms with Crippen molar-refractivity contribution in [3.8, 4) is 0 Å². The Balaban J connectivity index is 2.33. The van der Waals surface area contributed by atoms with Crippen molar-refractivity contribution in [2.45, 2.75) is 13.0 Å². The molecule has 0 heterocycles. The Morgan fingerprint density at radius 2 is 1.64 bits per heavy atom. The van der Waals surface area contributed by atoms with Crippen molar-refractivity contribution in [2.75, 3.05) is 15.9 Å². The highest BCUT2D eigenvalue weighted by Crippen LogP contribution is 2.26. The molecule has 2 rings (SSSR count). The predicted octanol–water partition coefficient (Wildman–Crippen LogP) is 4.44. The third kappa shape index (κ3) is 5.25. The predicted molar refractivity (Wildman–Crippen MR) is 103 cm³/mol. The first-order chi connectivity index (χ1) is 11.6. The van der Waals surface area contributed by atoms with Gasteiger partial charge in [-0.25, -0.2) is 8.42 Å². The van der Waals surface area contributed by atoms with Crippen LogP contribution in [0.25, 0.3) is 0 Å². The molecule has 9 heteroatoms. The largest absolute Gasteiger partial charge is 0.324 e. The number of carbonyl (C=O) groups is 1. The lowest BCUT2D eigenvalue weighted by molar-refractivity contribution is -0.116. The first kappa shape index (κ1) is 19.8. The number of rotatable bonds is 5. The lowest BCUT2D eigenvalue weighted by Crippen LogP contribution is -2.45. The van der Waals surface area contributed by atoms with E-state index in [0.29, 0.717) is 26.4 Å². The van der Waals surface area contributed by atoms with Gasteiger partial charge in [0.1, 0.15) is 6.04 Å². The van der Waals surface area contributed by atoms with E-state index in [1.807, 2.05) is 0 Å². The molecule has 25 heavy (non-hydrogen) atoms. The number of nitrogens with one attached hydrogen (secondary N) is 1. The average Bonchev–Trinajstić information content (AvgIpc) is 2.44. The average molecular weight is 422 g/mol. The van der Waals surface area contributed by atoms with Crippen LogP contribution in [0.1, 0.15) is 6.92 Å². The molecule has 1 atom stereocenters. The molecule has 0 spiro atoms. The van der Waals surface area contributed by atoms with E-state index in [-0.39, 0.29) is 0 Å². The van der Waals surface area contributed by atoms with Gasteiger partial charge in [-0.15, -0.1) is 0 Å². The molecule has 0 bridgehead atoms. The Hall–Kier alpha value is -1.47. The summed E-state index contributed by atoms with van der Waals surface area (Å²) in [5.41, 5.74) is 0.663. The van der Waals surface area contributed by atoms with Crippen LogP contribution in [0.3, 0.4) is 0 Å². The first-order valence-corrected chi connectivity index (χ1v) is 10.1. The summed E-state index contributed by atoms with van der Waals surface area (Å²) in [6.45, 7) is 1.48. The second-order valence-electron chi connectivity index (χ2n) is 5.36. The van der Waals surface area contributed by atoms with Gasteiger partial charge in [-0.2, -0.15) is 0 Å². The van der Waals surface area contributed by atoms with Crippen molar-refractivity contribution in [1.29, 1.82) is 0 Å². The monoisotopic (exact) mass is 420 g/mol. The van der Waals surface area contributed by atoms with Gasteiger partial charge in [-0.1, -0.05) is 40.9 Å². The maximum Gasteiger partial charge on any atom is 0.247 e. The van der Waals surface area contributed by atoms with E-state index in [9.17, 15) is 13.2 Å². The third-order valence-corrected chi connectivity index (χ3v) is 5.19. The number of carbonyl (C=O) groups excluding carboxylic acids is 1. The van der Waals surface area contributed by atoms with Crippen LogP contribution in [0.5, 0.6) is 0 Å². The van der Waals surface area contributed by atoms with E-state index in [0.717, 1.165) is 10.6 Å². The zero-order valence-corrected chi connectivity index (χ0v) is 16.4. The lowest BCUT2D eigenvalue weighted by atomic mass is 10.2. The van der Waals surface area contributed by atoms with Crippen molar-refractivity contribution in [1.82, 2.24) is 0 Å². The van der Waals surface area contributed by atoms with Gasteiger partial charge in [0, 0.05) is 20.8 Å². The Morgan fingerprint density at radius 3 is 2.16 bits per heavy atom. The summed E-state index contributed by atoms with van der Waals surface area (Å²) in [6, 6.07) is 9.80. The van der Waals surface area contributed by atoms with Crippen LogP contribution >= 0.6 is 34.8 Å². The third-order valence-electron chi connectivity index (χ3n) is 3.28.